The van der Waals surface area contributed by atoms with Gasteiger partial charge in [-0.1, -0.05) is 0 Å². The van der Waals surface area contributed by atoms with Gasteiger partial charge in [-0.2, -0.15) is 0 Å². The molecular weight excluding hydrogens is 200 g/mol. The minimum Gasteiger partial charge on any atom is -0.294 e. The smallest absolute Gasteiger partial charge is 0.249 e. The maximum Gasteiger partial charge on any atom is 0.249 e. The number of Topliss-reactive ketones (excluding diaryl/α,β-unsaturated/α-hetero) is 1. The molecule has 0 amide bonds. The van der Waals surface area contributed by atoms with Crippen molar-refractivity contribution in [2.75, 3.05) is 0 Å². The van der Waals surface area contributed by atoms with Gasteiger partial charge >= 0.3 is 0 Å². The molecule has 2 nitrogen and oxygen atoms in total. The summed E-state index contributed by atoms with van der Waals surface area (Å²) >= 11 is 0. The Labute approximate surface area is 86.3 Å². The number of aromatic nitrogens is 1. The van der Waals surface area contributed by atoms with Crippen LogP contribution in [0, 0.1) is 12.8 Å². The topological polar surface area (TPSA) is 30.0 Å². The van der Waals surface area contributed by atoms with Gasteiger partial charge in [0.25, 0.3) is 0 Å². The highest BCUT2D eigenvalue weighted by atomic mass is 19.3. The predicted octanol–water partition coefficient (Wildman–Crippen LogP) is 2.62. The third-order valence-electron chi connectivity index (χ3n) is 2.62. The van der Waals surface area contributed by atoms with E-state index in [9.17, 15) is 13.6 Å². The van der Waals surface area contributed by atoms with Crippen molar-refractivity contribution in [1.29, 1.82) is 0 Å². The van der Waals surface area contributed by atoms with Crippen LogP contribution in [0.15, 0.2) is 18.5 Å². The van der Waals surface area contributed by atoms with Gasteiger partial charge in [0.1, 0.15) is 0 Å². The number of alkyl halides is 2. The predicted molar refractivity (Wildman–Crippen MR) is 51.0 cm³/mol. The Kier molecular flexibility index (Phi) is 2.29. The Morgan fingerprint density at radius 1 is 1.47 bits per heavy atom. The molecule has 2 rings (SSSR count). The molecule has 1 aliphatic rings. The molecule has 0 unspecified atom stereocenters. The standard InChI is InChI=1S/C11H11F2NO/c1-7-2-8(6-14-5-7)10(15)9-3-11(12,13)4-9/h2,5-6,9H,3-4H2,1H3. The van der Waals surface area contributed by atoms with E-state index in [1.165, 1.54) is 6.20 Å². The second kappa shape index (κ2) is 3.36. The molecule has 1 saturated carbocycles. The maximum atomic E-state index is 12.6. The Bertz CT molecular complexity index is 395. The maximum absolute atomic E-state index is 12.6. The summed E-state index contributed by atoms with van der Waals surface area (Å²) in [6, 6.07) is 1.69. The number of rotatable bonds is 2. The van der Waals surface area contributed by atoms with Gasteiger partial charge in [0.05, 0.1) is 0 Å². The minimum absolute atomic E-state index is 0.211. The first-order valence-corrected chi connectivity index (χ1v) is 4.82. The van der Waals surface area contributed by atoms with Crippen molar-refractivity contribution in [3.63, 3.8) is 0 Å². The Morgan fingerprint density at radius 3 is 2.67 bits per heavy atom. The molecule has 0 aliphatic heterocycles. The summed E-state index contributed by atoms with van der Waals surface area (Å²) in [4.78, 5) is 15.6. The zero-order valence-electron chi connectivity index (χ0n) is 8.34. The van der Waals surface area contributed by atoms with Crippen LogP contribution in [0.1, 0.15) is 28.8 Å². The largest absolute Gasteiger partial charge is 0.294 e. The molecule has 4 heteroatoms. The van der Waals surface area contributed by atoms with Crippen LogP contribution in [0.5, 0.6) is 0 Å². The second-order valence-corrected chi connectivity index (χ2v) is 4.08. The van der Waals surface area contributed by atoms with Crippen LogP contribution < -0.4 is 0 Å². The molecule has 1 fully saturated rings. The lowest BCUT2D eigenvalue weighted by atomic mass is 9.77. The van der Waals surface area contributed by atoms with E-state index in [2.05, 4.69) is 4.98 Å². The van der Waals surface area contributed by atoms with Crippen LogP contribution >= 0.6 is 0 Å². The van der Waals surface area contributed by atoms with E-state index in [1.807, 2.05) is 6.92 Å². The molecule has 80 valence electrons. The SMILES string of the molecule is Cc1cncc(C(=O)C2CC(F)(F)C2)c1. The van der Waals surface area contributed by atoms with Gasteiger partial charge in [0.15, 0.2) is 5.78 Å². The highest BCUT2D eigenvalue weighted by molar-refractivity contribution is 5.98. The van der Waals surface area contributed by atoms with Crippen molar-refractivity contribution in [2.45, 2.75) is 25.7 Å². The van der Waals surface area contributed by atoms with Crippen molar-refractivity contribution in [3.8, 4) is 0 Å². The Morgan fingerprint density at radius 2 is 2.13 bits per heavy atom. The number of aryl methyl sites for hydroxylation is 1. The lowest BCUT2D eigenvalue weighted by Crippen LogP contribution is -2.40. The van der Waals surface area contributed by atoms with Crippen LogP contribution in [0.3, 0.4) is 0 Å². The fourth-order valence-corrected chi connectivity index (χ4v) is 1.77. The molecule has 0 aromatic carbocycles. The van der Waals surface area contributed by atoms with Crippen molar-refractivity contribution in [1.82, 2.24) is 4.98 Å². The fourth-order valence-electron chi connectivity index (χ4n) is 1.77. The van der Waals surface area contributed by atoms with E-state index in [1.54, 1.807) is 12.3 Å². The van der Waals surface area contributed by atoms with Crippen molar-refractivity contribution >= 4 is 5.78 Å². The average Bonchev–Trinajstić information content (AvgIpc) is 2.13. The minimum atomic E-state index is -2.64. The molecule has 1 heterocycles. The molecule has 0 bridgehead atoms. The molecule has 0 N–H and O–H groups in total. The number of ketones is 1. The summed E-state index contributed by atoms with van der Waals surface area (Å²) in [6.45, 7) is 1.82. The van der Waals surface area contributed by atoms with Gasteiger partial charge in [-0.05, 0) is 18.6 Å². The zero-order valence-corrected chi connectivity index (χ0v) is 8.34. The van der Waals surface area contributed by atoms with Crippen molar-refractivity contribution in [2.24, 2.45) is 5.92 Å². The summed E-state index contributed by atoms with van der Waals surface area (Å²) in [5.74, 6) is -3.38. The second-order valence-electron chi connectivity index (χ2n) is 4.08. The van der Waals surface area contributed by atoms with Crippen LogP contribution in [0.25, 0.3) is 0 Å². The first-order chi connectivity index (χ1) is 6.98. The number of carbonyl (C=O) groups excluding carboxylic acids is 1. The molecule has 0 radical (unpaired) electrons. The quantitative estimate of drug-likeness (QED) is 0.704. The molecule has 15 heavy (non-hydrogen) atoms. The molecule has 1 aliphatic carbocycles. The van der Waals surface area contributed by atoms with Crippen molar-refractivity contribution in [3.05, 3.63) is 29.6 Å². The van der Waals surface area contributed by atoms with E-state index in [-0.39, 0.29) is 18.6 Å². The number of carbonyl (C=O) groups is 1. The van der Waals surface area contributed by atoms with Crippen molar-refractivity contribution < 1.29 is 13.6 Å². The summed E-state index contributed by atoms with van der Waals surface area (Å²) < 4.78 is 25.2. The first-order valence-electron chi connectivity index (χ1n) is 4.82. The van der Waals surface area contributed by atoms with E-state index >= 15 is 0 Å². The van der Waals surface area contributed by atoms with Crippen LogP contribution in [-0.4, -0.2) is 16.7 Å². The van der Waals surface area contributed by atoms with E-state index in [4.69, 9.17) is 0 Å². The van der Waals surface area contributed by atoms with Gasteiger partial charge < -0.3 is 0 Å². The molecule has 0 atom stereocenters. The third-order valence-corrected chi connectivity index (χ3v) is 2.62. The van der Waals surface area contributed by atoms with Crippen LogP contribution in [-0.2, 0) is 0 Å². The van der Waals surface area contributed by atoms with Gasteiger partial charge in [-0.25, -0.2) is 8.78 Å². The molecule has 1 aromatic rings. The summed E-state index contributed by atoms with van der Waals surface area (Å²) in [6.07, 6.45) is 2.43. The van der Waals surface area contributed by atoms with E-state index in [0.29, 0.717) is 5.56 Å². The highest BCUT2D eigenvalue weighted by Crippen LogP contribution is 2.43. The van der Waals surface area contributed by atoms with Gasteiger partial charge in [0, 0.05) is 36.7 Å². The van der Waals surface area contributed by atoms with Crippen LogP contribution in [0.4, 0.5) is 8.78 Å². The summed E-state index contributed by atoms with van der Waals surface area (Å²) in [7, 11) is 0. The number of hydrogen-bond donors (Lipinski definition) is 0. The summed E-state index contributed by atoms with van der Waals surface area (Å²) in [5, 5.41) is 0. The number of halogens is 2. The number of hydrogen-bond acceptors (Lipinski definition) is 2. The van der Waals surface area contributed by atoms with Gasteiger partial charge in [-0.15, -0.1) is 0 Å². The highest BCUT2D eigenvalue weighted by Gasteiger charge is 2.48. The fraction of sp³-hybridized carbons (Fsp3) is 0.455. The van der Waals surface area contributed by atoms with E-state index in [0.717, 1.165) is 5.56 Å². The number of nitrogens with zero attached hydrogens (tertiary/aromatic N) is 1. The van der Waals surface area contributed by atoms with Gasteiger partial charge in [-0.3, -0.25) is 9.78 Å². The Balaban J connectivity index is 2.10. The van der Waals surface area contributed by atoms with Crippen LogP contribution in [0.2, 0.25) is 0 Å². The zero-order chi connectivity index (χ0) is 11.1. The molecule has 0 saturated heterocycles. The summed E-state index contributed by atoms with van der Waals surface area (Å²) in [5.41, 5.74) is 1.31. The molecular formula is C11H11F2NO. The molecule has 1 aromatic heterocycles. The number of pyridine rings is 1. The van der Waals surface area contributed by atoms with Gasteiger partial charge in [0.2, 0.25) is 5.92 Å². The Hall–Kier alpha value is -1.32. The first kappa shape index (κ1) is 10.2. The monoisotopic (exact) mass is 211 g/mol. The average molecular weight is 211 g/mol. The lowest BCUT2D eigenvalue weighted by molar-refractivity contribution is -0.0982. The lowest BCUT2D eigenvalue weighted by Gasteiger charge is -2.33. The molecule has 0 spiro atoms. The van der Waals surface area contributed by atoms with E-state index < -0.39 is 11.8 Å². The normalized spacial score (nSPS) is 19.7. The third kappa shape index (κ3) is 2.03.